The Balaban J connectivity index is 2.05. The molecule has 4 rings (SSSR count). The van der Waals surface area contributed by atoms with Gasteiger partial charge in [-0.1, -0.05) is 6.07 Å². The minimum atomic E-state index is 0.222. The molecule has 0 heterocycles. The van der Waals surface area contributed by atoms with Crippen LogP contribution >= 0.6 is 0 Å². The zero-order valence-electron chi connectivity index (χ0n) is 12.5. The van der Waals surface area contributed by atoms with Gasteiger partial charge in [0.2, 0.25) is 0 Å². The third-order valence-electron chi connectivity index (χ3n) is 6.05. The second-order valence-electron chi connectivity index (χ2n) is 7.02. The molecule has 104 valence electrons. The number of carbonyl (C=O) groups is 1. The van der Waals surface area contributed by atoms with Crippen molar-refractivity contribution in [2.75, 3.05) is 5.73 Å². The van der Waals surface area contributed by atoms with Gasteiger partial charge in [0.1, 0.15) is 0 Å². The lowest BCUT2D eigenvalue weighted by atomic mass is 9.71. The summed E-state index contributed by atoms with van der Waals surface area (Å²) in [6.45, 7) is 6.26. The van der Waals surface area contributed by atoms with Gasteiger partial charge in [0.25, 0.3) is 0 Å². The first-order chi connectivity index (χ1) is 9.44. The van der Waals surface area contributed by atoms with Crippen molar-refractivity contribution in [1.82, 2.24) is 0 Å². The van der Waals surface area contributed by atoms with E-state index in [-0.39, 0.29) is 11.3 Å². The maximum absolute atomic E-state index is 12.5. The molecule has 0 aliphatic heterocycles. The molecule has 2 atom stereocenters. The van der Waals surface area contributed by atoms with E-state index in [2.05, 4.69) is 19.9 Å². The van der Waals surface area contributed by atoms with Crippen LogP contribution in [0.3, 0.4) is 0 Å². The number of aryl methyl sites for hydroxylation is 1. The Morgan fingerprint density at radius 1 is 1.30 bits per heavy atom. The maximum Gasteiger partial charge on any atom is 0.161 e. The molecular formula is C18H21NO. The molecule has 3 aliphatic carbocycles. The number of carbonyl (C=O) groups excluding carboxylic acids is 1. The topological polar surface area (TPSA) is 43.1 Å². The summed E-state index contributed by atoms with van der Waals surface area (Å²) in [7, 11) is 0. The lowest BCUT2D eigenvalue weighted by molar-refractivity contribution is -0.119. The molecule has 1 aromatic rings. The molecule has 2 bridgehead atoms. The molecule has 1 spiro atoms. The lowest BCUT2D eigenvalue weighted by Gasteiger charge is -2.31. The summed E-state index contributed by atoms with van der Waals surface area (Å²) < 4.78 is 0. The summed E-state index contributed by atoms with van der Waals surface area (Å²) in [5, 5.41) is 0. The van der Waals surface area contributed by atoms with Gasteiger partial charge in [0.15, 0.2) is 5.78 Å². The second kappa shape index (κ2) is 3.55. The number of anilines is 1. The Labute approximate surface area is 120 Å². The fraction of sp³-hybridized carbons (Fsp3) is 0.500. The Hall–Kier alpha value is -1.57. The number of nitrogens with two attached hydrogens (primary N) is 1. The summed E-state index contributed by atoms with van der Waals surface area (Å²) in [5.74, 6) is 0.661. The number of hydrogen-bond donors (Lipinski definition) is 1. The summed E-state index contributed by atoms with van der Waals surface area (Å²) in [4.78, 5) is 12.5. The highest BCUT2D eigenvalue weighted by atomic mass is 16.1. The van der Waals surface area contributed by atoms with E-state index in [1.165, 1.54) is 27.8 Å². The number of nitrogen functional groups attached to an aromatic ring is 1. The Kier molecular flexibility index (Phi) is 2.16. The van der Waals surface area contributed by atoms with Crippen LogP contribution < -0.4 is 5.73 Å². The van der Waals surface area contributed by atoms with Crippen LogP contribution in [0.2, 0.25) is 0 Å². The van der Waals surface area contributed by atoms with Gasteiger partial charge in [0, 0.05) is 17.0 Å². The van der Waals surface area contributed by atoms with Crippen molar-refractivity contribution in [2.24, 2.45) is 11.3 Å². The van der Waals surface area contributed by atoms with Crippen LogP contribution in [0.25, 0.3) is 5.57 Å². The Bertz CT molecular complexity index is 698. The van der Waals surface area contributed by atoms with Gasteiger partial charge in [-0.2, -0.15) is 0 Å². The standard InChI is InChI=1S/C18H21NO/c1-9-6-13-14(16(19)10(9)2)8-18-5-4-12(7-18)17(20)11(3)15(13)18/h6,12H,4-5,7-8,19H2,1-3H3. The first kappa shape index (κ1) is 12.2. The van der Waals surface area contributed by atoms with Gasteiger partial charge in [-0.3, -0.25) is 4.79 Å². The predicted molar refractivity (Wildman–Crippen MR) is 81.4 cm³/mol. The molecule has 1 aromatic carbocycles. The fourth-order valence-electron chi connectivity index (χ4n) is 4.89. The van der Waals surface area contributed by atoms with E-state index in [1.807, 2.05) is 6.92 Å². The number of ketones is 1. The van der Waals surface area contributed by atoms with Gasteiger partial charge >= 0.3 is 0 Å². The molecule has 0 radical (unpaired) electrons. The number of fused-ring (bicyclic) bond motifs is 3. The molecule has 2 heteroatoms. The third kappa shape index (κ3) is 1.23. The zero-order valence-corrected chi connectivity index (χ0v) is 12.5. The first-order valence-corrected chi connectivity index (χ1v) is 7.59. The van der Waals surface area contributed by atoms with Crippen LogP contribution in [-0.4, -0.2) is 5.78 Å². The summed E-state index contributed by atoms with van der Waals surface area (Å²) in [6, 6.07) is 2.26. The number of allylic oxidation sites excluding steroid dienone is 2. The molecule has 0 amide bonds. The molecule has 20 heavy (non-hydrogen) atoms. The van der Waals surface area contributed by atoms with E-state index < -0.39 is 0 Å². The van der Waals surface area contributed by atoms with Gasteiger partial charge < -0.3 is 5.73 Å². The second-order valence-corrected chi connectivity index (χ2v) is 7.02. The summed E-state index contributed by atoms with van der Waals surface area (Å²) >= 11 is 0. The lowest BCUT2D eigenvalue weighted by Crippen LogP contribution is -2.26. The van der Waals surface area contributed by atoms with Crippen LogP contribution in [-0.2, 0) is 11.2 Å². The van der Waals surface area contributed by atoms with E-state index in [0.29, 0.717) is 5.78 Å². The van der Waals surface area contributed by atoms with Crippen LogP contribution in [0.5, 0.6) is 0 Å². The van der Waals surface area contributed by atoms with E-state index in [9.17, 15) is 4.79 Å². The molecule has 1 fully saturated rings. The highest BCUT2D eigenvalue weighted by Gasteiger charge is 2.53. The van der Waals surface area contributed by atoms with Crippen LogP contribution in [0.15, 0.2) is 11.6 Å². The molecule has 2 nitrogen and oxygen atoms in total. The largest absolute Gasteiger partial charge is 0.398 e. The molecule has 2 unspecified atom stereocenters. The predicted octanol–water partition coefficient (Wildman–Crippen LogP) is 3.58. The van der Waals surface area contributed by atoms with E-state index in [4.69, 9.17) is 5.73 Å². The smallest absolute Gasteiger partial charge is 0.161 e. The van der Waals surface area contributed by atoms with E-state index in [1.54, 1.807) is 0 Å². The van der Waals surface area contributed by atoms with Gasteiger partial charge in [0.05, 0.1) is 0 Å². The molecule has 1 saturated carbocycles. The van der Waals surface area contributed by atoms with Crippen molar-refractivity contribution in [1.29, 1.82) is 0 Å². The van der Waals surface area contributed by atoms with E-state index >= 15 is 0 Å². The van der Waals surface area contributed by atoms with Crippen LogP contribution in [0, 0.1) is 25.2 Å². The van der Waals surface area contributed by atoms with Gasteiger partial charge in [-0.15, -0.1) is 0 Å². The van der Waals surface area contributed by atoms with Crippen LogP contribution in [0.1, 0.15) is 48.4 Å². The number of Topliss-reactive ketones (excluding diaryl/α,β-unsaturated/α-hetero) is 1. The highest BCUT2D eigenvalue weighted by molar-refractivity contribution is 6.08. The van der Waals surface area contributed by atoms with Gasteiger partial charge in [-0.05, 0) is 79.9 Å². The summed E-state index contributed by atoms with van der Waals surface area (Å²) in [6.07, 6.45) is 4.31. The first-order valence-electron chi connectivity index (χ1n) is 7.59. The number of benzene rings is 1. The summed E-state index contributed by atoms with van der Waals surface area (Å²) in [5.41, 5.74) is 14.9. The average Bonchev–Trinajstić information content (AvgIpc) is 2.95. The number of rotatable bonds is 0. The van der Waals surface area contributed by atoms with Crippen molar-refractivity contribution < 1.29 is 4.79 Å². The zero-order chi connectivity index (χ0) is 14.2. The minimum Gasteiger partial charge on any atom is -0.398 e. The van der Waals surface area contributed by atoms with Gasteiger partial charge in [-0.25, -0.2) is 0 Å². The average molecular weight is 267 g/mol. The molecular weight excluding hydrogens is 246 g/mol. The fourth-order valence-corrected chi connectivity index (χ4v) is 4.89. The quantitative estimate of drug-likeness (QED) is 0.730. The van der Waals surface area contributed by atoms with Crippen molar-refractivity contribution >= 4 is 17.0 Å². The molecule has 0 saturated heterocycles. The van der Waals surface area contributed by atoms with E-state index in [0.717, 1.165) is 36.9 Å². The molecule has 3 aliphatic rings. The molecule has 2 N–H and O–H groups in total. The van der Waals surface area contributed by atoms with Crippen molar-refractivity contribution in [3.63, 3.8) is 0 Å². The van der Waals surface area contributed by atoms with Crippen molar-refractivity contribution in [3.05, 3.63) is 33.9 Å². The monoisotopic (exact) mass is 267 g/mol. The SMILES string of the molecule is CC1=C2c3cc(C)c(C)c(N)c3CC23CCC(C3)C1=O. The maximum atomic E-state index is 12.5. The third-order valence-corrected chi connectivity index (χ3v) is 6.05. The van der Waals surface area contributed by atoms with Crippen LogP contribution in [0.4, 0.5) is 5.69 Å². The normalized spacial score (nSPS) is 30.8. The minimum absolute atomic E-state index is 0.222. The van der Waals surface area contributed by atoms with Crippen molar-refractivity contribution in [2.45, 2.75) is 46.5 Å². The Morgan fingerprint density at radius 2 is 2.05 bits per heavy atom. The number of hydrogen-bond acceptors (Lipinski definition) is 2. The highest BCUT2D eigenvalue weighted by Crippen LogP contribution is 2.63. The molecule has 0 aromatic heterocycles. The van der Waals surface area contributed by atoms with Crippen molar-refractivity contribution in [3.8, 4) is 0 Å². The Morgan fingerprint density at radius 3 is 2.80 bits per heavy atom.